The number of carboxylic acids is 1. The maximum Gasteiger partial charge on any atom is 0.314 e. The second-order valence-corrected chi connectivity index (χ2v) is 6.36. The molecule has 1 heterocycles. The van der Waals surface area contributed by atoms with Crippen LogP contribution in [0.2, 0.25) is 0 Å². The number of hydrogen-bond donors (Lipinski definition) is 2. The van der Waals surface area contributed by atoms with Gasteiger partial charge in [-0.1, -0.05) is 72.8 Å². The first-order valence-electron chi connectivity index (χ1n) is 8.40. The van der Waals surface area contributed by atoms with Crippen LogP contribution in [0.25, 0.3) is 0 Å². The van der Waals surface area contributed by atoms with E-state index in [0.717, 1.165) is 0 Å². The standard InChI is InChI=1S/C22H17NO3/c24-20-17-13-7-8-14-18(17)23-22(20,16-11-5-2-6-12-16)19(21(25)26)15-9-3-1-4-10-15/h1-14,19,23H,(H,25,26). The van der Waals surface area contributed by atoms with Crippen molar-refractivity contribution in [1.29, 1.82) is 0 Å². The number of Topliss-reactive ketones (excluding diaryl/α,β-unsaturated/α-hetero) is 1. The van der Waals surface area contributed by atoms with Crippen LogP contribution < -0.4 is 5.32 Å². The van der Waals surface area contributed by atoms with E-state index >= 15 is 0 Å². The lowest BCUT2D eigenvalue weighted by atomic mass is 9.72. The monoisotopic (exact) mass is 343 g/mol. The number of rotatable bonds is 4. The van der Waals surface area contributed by atoms with Gasteiger partial charge in [0, 0.05) is 11.3 Å². The van der Waals surface area contributed by atoms with E-state index in [0.29, 0.717) is 22.4 Å². The van der Waals surface area contributed by atoms with E-state index < -0.39 is 17.4 Å². The van der Waals surface area contributed by atoms with Gasteiger partial charge >= 0.3 is 5.97 Å². The number of hydrogen-bond acceptors (Lipinski definition) is 3. The second kappa shape index (κ2) is 6.15. The van der Waals surface area contributed by atoms with Gasteiger partial charge in [-0.25, -0.2) is 0 Å². The van der Waals surface area contributed by atoms with Crippen molar-refractivity contribution in [2.24, 2.45) is 0 Å². The van der Waals surface area contributed by atoms with Gasteiger partial charge < -0.3 is 10.4 Å². The van der Waals surface area contributed by atoms with Crippen molar-refractivity contribution in [1.82, 2.24) is 0 Å². The van der Waals surface area contributed by atoms with Crippen LogP contribution in [0.1, 0.15) is 27.4 Å². The van der Waals surface area contributed by atoms with Gasteiger partial charge in [0.25, 0.3) is 0 Å². The molecule has 128 valence electrons. The van der Waals surface area contributed by atoms with Crippen LogP contribution >= 0.6 is 0 Å². The first-order chi connectivity index (χ1) is 12.6. The molecule has 0 saturated heterocycles. The van der Waals surface area contributed by atoms with Crippen molar-refractivity contribution in [2.45, 2.75) is 11.5 Å². The van der Waals surface area contributed by atoms with Crippen LogP contribution in [0.5, 0.6) is 0 Å². The highest BCUT2D eigenvalue weighted by Crippen LogP contribution is 2.48. The van der Waals surface area contributed by atoms with Gasteiger partial charge in [-0.3, -0.25) is 9.59 Å². The van der Waals surface area contributed by atoms with Crippen molar-refractivity contribution in [3.8, 4) is 0 Å². The van der Waals surface area contributed by atoms with Crippen molar-refractivity contribution in [3.05, 3.63) is 102 Å². The fourth-order valence-electron chi connectivity index (χ4n) is 3.77. The summed E-state index contributed by atoms with van der Waals surface area (Å²) >= 11 is 0. The Morgan fingerprint density at radius 2 is 1.42 bits per heavy atom. The lowest BCUT2D eigenvalue weighted by molar-refractivity contribution is -0.140. The van der Waals surface area contributed by atoms with Gasteiger partial charge in [0.05, 0.1) is 0 Å². The average molecular weight is 343 g/mol. The molecule has 0 bridgehead atoms. The Bertz CT molecular complexity index is 969. The summed E-state index contributed by atoms with van der Waals surface area (Å²) in [6.07, 6.45) is 0. The average Bonchev–Trinajstić information content (AvgIpc) is 2.97. The Balaban J connectivity index is 1.99. The summed E-state index contributed by atoms with van der Waals surface area (Å²) < 4.78 is 0. The largest absolute Gasteiger partial charge is 0.481 e. The van der Waals surface area contributed by atoms with Crippen LogP contribution in [0, 0.1) is 0 Å². The molecule has 3 aromatic carbocycles. The molecule has 2 N–H and O–H groups in total. The Hall–Kier alpha value is -3.40. The zero-order valence-electron chi connectivity index (χ0n) is 13.9. The SMILES string of the molecule is O=C(O)C(c1ccccc1)C1(c2ccccc2)Nc2ccccc2C1=O. The highest BCUT2D eigenvalue weighted by atomic mass is 16.4. The zero-order chi connectivity index (χ0) is 18.1. The Morgan fingerprint density at radius 3 is 2.04 bits per heavy atom. The third kappa shape index (κ3) is 2.30. The van der Waals surface area contributed by atoms with Crippen LogP contribution in [0.3, 0.4) is 0 Å². The van der Waals surface area contributed by atoms with Gasteiger partial charge in [-0.05, 0) is 23.3 Å². The van der Waals surface area contributed by atoms with Gasteiger partial charge in [0.1, 0.15) is 11.5 Å². The summed E-state index contributed by atoms with van der Waals surface area (Å²) in [5.41, 5.74) is 0.995. The van der Waals surface area contributed by atoms with E-state index in [-0.39, 0.29) is 5.78 Å². The first kappa shape index (κ1) is 16.1. The topological polar surface area (TPSA) is 66.4 Å². The van der Waals surface area contributed by atoms with Crippen LogP contribution in [-0.2, 0) is 10.3 Å². The number of aliphatic carboxylic acids is 1. The van der Waals surface area contributed by atoms with E-state index in [9.17, 15) is 14.7 Å². The molecule has 26 heavy (non-hydrogen) atoms. The van der Waals surface area contributed by atoms with Crippen LogP contribution in [0.4, 0.5) is 5.69 Å². The van der Waals surface area contributed by atoms with E-state index in [1.54, 1.807) is 48.5 Å². The lowest BCUT2D eigenvalue weighted by Gasteiger charge is -2.35. The number of para-hydroxylation sites is 1. The predicted octanol–water partition coefficient (Wildman–Crippen LogP) is 4.06. The number of anilines is 1. The summed E-state index contributed by atoms with van der Waals surface area (Å²) in [6, 6.07) is 25.2. The second-order valence-electron chi connectivity index (χ2n) is 6.36. The highest BCUT2D eigenvalue weighted by molar-refractivity contribution is 6.16. The smallest absolute Gasteiger partial charge is 0.314 e. The van der Waals surface area contributed by atoms with Crippen LogP contribution in [0.15, 0.2) is 84.9 Å². The molecule has 0 aliphatic carbocycles. The van der Waals surface area contributed by atoms with E-state index in [2.05, 4.69) is 5.32 Å². The number of carboxylic acid groups (broad SMARTS) is 1. The summed E-state index contributed by atoms with van der Waals surface area (Å²) in [5.74, 6) is -2.34. The lowest BCUT2D eigenvalue weighted by Crippen LogP contribution is -2.47. The van der Waals surface area contributed by atoms with E-state index in [4.69, 9.17) is 0 Å². The molecule has 0 amide bonds. The summed E-state index contributed by atoms with van der Waals surface area (Å²) in [5, 5.41) is 13.4. The number of benzene rings is 3. The van der Waals surface area contributed by atoms with Gasteiger partial charge in [0.15, 0.2) is 5.78 Å². The van der Waals surface area contributed by atoms with Crippen LogP contribution in [-0.4, -0.2) is 16.9 Å². The number of ketones is 1. The molecule has 2 atom stereocenters. The molecule has 2 unspecified atom stereocenters. The molecule has 4 nitrogen and oxygen atoms in total. The van der Waals surface area contributed by atoms with Crippen molar-refractivity contribution in [2.75, 3.05) is 5.32 Å². The number of fused-ring (bicyclic) bond motifs is 1. The Morgan fingerprint density at radius 1 is 0.846 bits per heavy atom. The fraction of sp³-hybridized carbons (Fsp3) is 0.0909. The molecule has 4 heteroatoms. The third-order valence-electron chi connectivity index (χ3n) is 4.90. The minimum atomic E-state index is -1.39. The quantitative estimate of drug-likeness (QED) is 0.750. The molecule has 1 aliphatic rings. The van der Waals surface area contributed by atoms with Crippen molar-refractivity contribution in [3.63, 3.8) is 0 Å². The summed E-state index contributed by atoms with van der Waals surface area (Å²) in [7, 11) is 0. The molecule has 0 fully saturated rings. The molecule has 3 aromatic rings. The zero-order valence-corrected chi connectivity index (χ0v) is 13.9. The van der Waals surface area contributed by atoms with Gasteiger partial charge in [0.2, 0.25) is 0 Å². The molecule has 0 aromatic heterocycles. The Kier molecular flexibility index (Phi) is 3.81. The fourth-order valence-corrected chi connectivity index (χ4v) is 3.77. The minimum Gasteiger partial charge on any atom is -0.481 e. The number of carbonyl (C=O) groups is 2. The summed E-state index contributed by atoms with van der Waals surface area (Å²) in [4.78, 5) is 25.9. The number of carbonyl (C=O) groups excluding carboxylic acids is 1. The first-order valence-corrected chi connectivity index (χ1v) is 8.40. The van der Waals surface area contributed by atoms with Gasteiger partial charge in [-0.2, -0.15) is 0 Å². The molecule has 0 radical (unpaired) electrons. The minimum absolute atomic E-state index is 0.226. The van der Waals surface area contributed by atoms with Crippen molar-refractivity contribution < 1.29 is 14.7 Å². The summed E-state index contributed by atoms with van der Waals surface area (Å²) in [6.45, 7) is 0. The maximum absolute atomic E-state index is 13.5. The van der Waals surface area contributed by atoms with E-state index in [1.165, 1.54) is 0 Å². The maximum atomic E-state index is 13.5. The molecule has 1 aliphatic heterocycles. The predicted molar refractivity (Wildman–Crippen MR) is 99.3 cm³/mol. The molecular weight excluding hydrogens is 326 g/mol. The van der Waals surface area contributed by atoms with Gasteiger partial charge in [-0.15, -0.1) is 0 Å². The molecule has 0 saturated carbocycles. The Labute approximate surface area is 151 Å². The molecule has 4 rings (SSSR count). The normalized spacial score (nSPS) is 19.5. The number of nitrogens with one attached hydrogen (secondary N) is 1. The molecule has 0 spiro atoms. The third-order valence-corrected chi connectivity index (χ3v) is 4.90. The van der Waals surface area contributed by atoms with Crippen molar-refractivity contribution >= 4 is 17.4 Å². The highest BCUT2D eigenvalue weighted by Gasteiger charge is 2.55. The van der Waals surface area contributed by atoms with E-state index in [1.807, 2.05) is 36.4 Å². The molecular formula is C22H17NO3.